The zero-order valence-electron chi connectivity index (χ0n) is 14.0. The zero-order chi connectivity index (χ0) is 15.6. The standard InChI is InChI=1S/C17H30N2O3/c1-13-4-3-5-15(14(13)2)18-16(20)12-19-8-6-17(7-9-19)21-10-11-22-17/h13-15H,3-12H2,1-2H3,(H,18,20). The number of rotatable bonds is 3. The van der Waals surface area contributed by atoms with Crippen molar-refractivity contribution in [1.82, 2.24) is 10.2 Å². The summed E-state index contributed by atoms with van der Waals surface area (Å²) < 4.78 is 11.5. The first kappa shape index (κ1) is 16.2. The van der Waals surface area contributed by atoms with Gasteiger partial charge in [-0.1, -0.05) is 26.7 Å². The molecule has 0 bridgehead atoms. The van der Waals surface area contributed by atoms with Gasteiger partial charge in [0.15, 0.2) is 5.79 Å². The Hall–Kier alpha value is -0.650. The van der Waals surface area contributed by atoms with E-state index in [0.29, 0.717) is 37.6 Å². The van der Waals surface area contributed by atoms with Gasteiger partial charge in [0.05, 0.1) is 19.8 Å². The number of carbonyl (C=O) groups is 1. The van der Waals surface area contributed by atoms with Gasteiger partial charge in [-0.25, -0.2) is 0 Å². The maximum absolute atomic E-state index is 12.3. The van der Waals surface area contributed by atoms with Crippen LogP contribution in [0, 0.1) is 11.8 Å². The summed E-state index contributed by atoms with van der Waals surface area (Å²) in [6.07, 6.45) is 5.40. The van der Waals surface area contributed by atoms with Crippen molar-refractivity contribution >= 4 is 5.91 Å². The van der Waals surface area contributed by atoms with Gasteiger partial charge in [0.1, 0.15) is 0 Å². The summed E-state index contributed by atoms with van der Waals surface area (Å²) in [5.41, 5.74) is 0. The lowest BCUT2D eigenvalue weighted by Gasteiger charge is -2.38. The molecular weight excluding hydrogens is 280 g/mol. The summed E-state index contributed by atoms with van der Waals surface area (Å²) >= 11 is 0. The molecule has 3 unspecified atom stereocenters. The molecule has 22 heavy (non-hydrogen) atoms. The van der Waals surface area contributed by atoms with Crippen LogP contribution in [-0.2, 0) is 14.3 Å². The second-order valence-corrected chi connectivity index (χ2v) is 7.33. The van der Waals surface area contributed by atoms with E-state index in [2.05, 4.69) is 24.1 Å². The number of amides is 1. The molecule has 1 N–H and O–H groups in total. The van der Waals surface area contributed by atoms with Crippen molar-refractivity contribution in [1.29, 1.82) is 0 Å². The highest BCUT2D eigenvalue weighted by Gasteiger charge is 2.40. The lowest BCUT2D eigenvalue weighted by molar-refractivity contribution is -0.185. The van der Waals surface area contributed by atoms with Gasteiger partial charge >= 0.3 is 0 Å². The fourth-order valence-electron chi connectivity index (χ4n) is 4.08. The molecule has 3 aliphatic rings. The molecule has 2 aliphatic heterocycles. The minimum Gasteiger partial charge on any atom is -0.352 e. The van der Waals surface area contributed by atoms with Crippen molar-refractivity contribution in [2.45, 2.75) is 57.8 Å². The molecular formula is C17H30N2O3. The van der Waals surface area contributed by atoms with Gasteiger partial charge in [0.2, 0.25) is 5.91 Å². The highest BCUT2D eigenvalue weighted by atomic mass is 16.7. The molecule has 1 amide bonds. The topological polar surface area (TPSA) is 50.8 Å². The fraction of sp³-hybridized carbons (Fsp3) is 0.941. The Labute approximate surface area is 133 Å². The van der Waals surface area contributed by atoms with Crippen molar-refractivity contribution in [3.63, 3.8) is 0 Å². The van der Waals surface area contributed by atoms with Crippen LogP contribution in [-0.4, -0.2) is 55.5 Å². The molecule has 2 saturated heterocycles. The van der Waals surface area contributed by atoms with Crippen LogP contribution in [0.5, 0.6) is 0 Å². The minimum atomic E-state index is -0.347. The normalized spacial score (nSPS) is 35.6. The van der Waals surface area contributed by atoms with Crippen LogP contribution in [0.1, 0.15) is 46.0 Å². The van der Waals surface area contributed by atoms with Crippen LogP contribution < -0.4 is 5.32 Å². The van der Waals surface area contributed by atoms with Crippen molar-refractivity contribution in [2.75, 3.05) is 32.8 Å². The highest BCUT2D eigenvalue weighted by molar-refractivity contribution is 5.78. The molecule has 3 atom stereocenters. The summed E-state index contributed by atoms with van der Waals surface area (Å²) in [5.74, 6) is 1.13. The van der Waals surface area contributed by atoms with Gasteiger partial charge in [-0.15, -0.1) is 0 Å². The van der Waals surface area contributed by atoms with Crippen LogP contribution in [0.25, 0.3) is 0 Å². The Balaban J connectivity index is 1.42. The largest absolute Gasteiger partial charge is 0.352 e. The maximum Gasteiger partial charge on any atom is 0.234 e. The molecule has 0 radical (unpaired) electrons. The summed E-state index contributed by atoms with van der Waals surface area (Å²) in [6, 6.07) is 0.355. The van der Waals surface area contributed by atoms with Crippen molar-refractivity contribution in [3.05, 3.63) is 0 Å². The molecule has 0 aromatic rings. The third kappa shape index (κ3) is 3.63. The van der Waals surface area contributed by atoms with Crippen LogP contribution in [0.15, 0.2) is 0 Å². The maximum atomic E-state index is 12.3. The second kappa shape index (κ2) is 6.85. The molecule has 3 rings (SSSR count). The average molecular weight is 310 g/mol. The first-order chi connectivity index (χ1) is 10.6. The van der Waals surface area contributed by atoms with E-state index in [4.69, 9.17) is 9.47 Å². The Morgan fingerprint density at radius 3 is 2.55 bits per heavy atom. The first-order valence-corrected chi connectivity index (χ1v) is 8.88. The van der Waals surface area contributed by atoms with Crippen LogP contribution in [0.2, 0.25) is 0 Å². The first-order valence-electron chi connectivity index (χ1n) is 8.88. The van der Waals surface area contributed by atoms with E-state index < -0.39 is 0 Å². The van der Waals surface area contributed by atoms with Crippen LogP contribution in [0.4, 0.5) is 0 Å². The third-order valence-corrected chi connectivity index (χ3v) is 5.85. The van der Waals surface area contributed by atoms with Gasteiger partial charge in [0.25, 0.3) is 0 Å². The fourth-order valence-corrected chi connectivity index (χ4v) is 4.08. The predicted molar refractivity (Wildman–Crippen MR) is 84.4 cm³/mol. The molecule has 1 saturated carbocycles. The molecule has 5 heteroatoms. The third-order valence-electron chi connectivity index (χ3n) is 5.85. The average Bonchev–Trinajstić information content (AvgIpc) is 2.95. The Kier molecular flexibility index (Phi) is 5.05. The predicted octanol–water partition coefficient (Wildman–Crippen LogP) is 1.77. The van der Waals surface area contributed by atoms with E-state index >= 15 is 0 Å². The van der Waals surface area contributed by atoms with Gasteiger partial charge in [-0.05, 0) is 18.3 Å². The zero-order valence-corrected chi connectivity index (χ0v) is 14.0. The summed E-state index contributed by atoms with van der Waals surface area (Å²) in [7, 11) is 0. The SMILES string of the molecule is CC1CCCC(NC(=O)CN2CCC3(CC2)OCCO3)C1C. The van der Waals surface area contributed by atoms with Gasteiger partial charge in [0, 0.05) is 32.0 Å². The quantitative estimate of drug-likeness (QED) is 0.863. The van der Waals surface area contributed by atoms with Gasteiger partial charge in [-0.3, -0.25) is 9.69 Å². The summed E-state index contributed by atoms with van der Waals surface area (Å²) in [4.78, 5) is 14.6. The number of carbonyl (C=O) groups excluding carboxylic acids is 1. The lowest BCUT2D eigenvalue weighted by atomic mass is 9.78. The van der Waals surface area contributed by atoms with Crippen molar-refractivity contribution in [3.8, 4) is 0 Å². The van der Waals surface area contributed by atoms with E-state index in [-0.39, 0.29) is 11.7 Å². The minimum absolute atomic E-state index is 0.176. The number of ether oxygens (including phenoxy) is 2. The highest BCUT2D eigenvalue weighted by Crippen LogP contribution is 2.31. The number of likely N-dealkylation sites (tertiary alicyclic amines) is 1. The Bertz CT molecular complexity index is 385. The monoisotopic (exact) mass is 310 g/mol. The number of hydrogen-bond donors (Lipinski definition) is 1. The van der Waals surface area contributed by atoms with Crippen molar-refractivity contribution < 1.29 is 14.3 Å². The van der Waals surface area contributed by atoms with E-state index in [1.54, 1.807) is 0 Å². The van der Waals surface area contributed by atoms with Gasteiger partial charge < -0.3 is 14.8 Å². The Morgan fingerprint density at radius 1 is 1.18 bits per heavy atom. The molecule has 2 heterocycles. The number of hydrogen-bond acceptors (Lipinski definition) is 4. The van der Waals surface area contributed by atoms with E-state index in [1.807, 2.05) is 0 Å². The van der Waals surface area contributed by atoms with Crippen LogP contribution in [0.3, 0.4) is 0 Å². The molecule has 3 fully saturated rings. The Morgan fingerprint density at radius 2 is 1.86 bits per heavy atom. The van der Waals surface area contributed by atoms with E-state index in [0.717, 1.165) is 32.4 Å². The smallest absolute Gasteiger partial charge is 0.234 e. The molecule has 5 nitrogen and oxygen atoms in total. The number of nitrogens with one attached hydrogen (secondary N) is 1. The molecule has 126 valence electrons. The summed E-state index contributed by atoms with van der Waals surface area (Å²) in [6.45, 7) is 8.25. The molecule has 1 aliphatic carbocycles. The molecule has 1 spiro atoms. The van der Waals surface area contributed by atoms with Gasteiger partial charge in [-0.2, -0.15) is 0 Å². The molecule has 0 aromatic heterocycles. The number of nitrogens with zero attached hydrogens (tertiary/aromatic N) is 1. The van der Waals surface area contributed by atoms with E-state index in [1.165, 1.54) is 12.8 Å². The van der Waals surface area contributed by atoms with E-state index in [9.17, 15) is 4.79 Å². The van der Waals surface area contributed by atoms with Crippen molar-refractivity contribution in [2.24, 2.45) is 11.8 Å². The summed E-state index contributed by atoms with van der Waals surface area (Å²) in [5, 5.41) is 3.26. The number of piperidine rings is 1. The lowest BCUT2D eigenvalue weighted by Crippen LogP contribution is -2.51. The van der Waals surface area contributed by atoms with Crippen LogP contribution >= 0.6 is 0 Å². The second-order valence-electron chi connectivity index (χ2n) is 7.33. The molecule has 0 aromatic carbocycles.